The first-order chi connectivity index (χ1) is 22.1. The van der Waals surface area contributed by atoms with Crippen molar-refractivity contribution in [3.05, 3.63) is 157 Å². The van der Waals surface area contributed by atoms with Gasteiger partial charge in [-0.3, -0.25) is 4.98 Å². The van der Waals surface area contributed by atoms with Crippen molar-refractivity contribution >= 4 is 0 Å². The van der Waals surface area contributed by atoms with E-state index in [9.17, 15) is 0 Å². The van der Waals surface area contributed by atoms with Gasteiger partial charge in [0, 0.05) is 33.9 Å². The Morgan fingerprint density at radius 2 is 0.933 bits per heavy atom. The standard InChI is InChI=1S/C41H30N4/c1-41(2)34-15-7-6-13-32(34)37-33(14-10-16-35(37)41)40-44-38(30-22-18-28(19-23-30)27-11-4-3-5-12-27)43-39(45-40)31-24-20-29(21-25-31)36-17-8-9-26-42-36/h3-26H,1-2H3. The molecule has 2 heterocycles. The summed E-state index contributed by atoms with van der Waals surface area (Å²) in [6.45, 7) is 4.59. The monoisotopic (exact) mass is 578 g/mol. The van der Waals surface area contributed by atoms with E-state index in [0.717, 1.165) is 33.5 Å². The second-order valence-electron chi connectivity index (χ2n) is 11.9. The molecule has 45 heavy (non-hydrogen) atoms. The highest BCUT2D eigenvalue weighted by Crippen LogP contribution is 2.51. The van der Waals surface area contributed by atoms with E-state index >= 15 is 0 Å². The summed E-state index contributed by atoms with van der Waals surface area (Å²) in [5.74, 6) is 1.95. The molecule has 0 bridgehead atoms. The Kier molecular flexibility index (Phi) is 6.42. The number of rotatable bonds is 5. The van der Waals surface area contributed by atoms with Gasteiger partial charge in [-0.1, -0.05) is 141 Å². The zero-order chi connectivity index (χ0) is 30.4. The third kappa shape index (κ3) is 4.72. The van der Waals surface area contributed by atoms with Crippen molar-refractivity contribution in [2.75, 3.05) is 0 Å². The van der Waals surface area contributed by atoms with Gasteiger partial charge < -0.3 is 0 Å². The first kappa shape index (κ1) is 26.9. The molecule has 0 N–H and O–H groups in total. The number of hydrogen-bond acceptors (Lipinski definition) is 4. The second kappa shape index (κ2) is 10.8. The molecule has 5 aromatic carbocycles. The van der Waals surface area contributed by atoms with E-state index < -0.39 is 0 Å². The maximum Gasteiger partial charge on any atom is 0.164 e. The molecule has 0 spiro atoms. The lowest BCUT2D eigenvalue weighted by Crippen LogP contribution is -2.14. The summed E-state index contributed by atoms with van der Waals surface area (Å²) in [5.41, 5.74) is 12.1. The van der Waals surface area contributed by atoms with E-state index in [2.05, 4.69) is 134 Å². The zero-order valence-electron chi connectivity index (χ0n) is 25.1. The molecule has 0 radical (unpaired) electrons. The van der Waals surface area contributed by atoms with Gasteiger partial charge in [-0.15, -0.1) is 0 Å². The van der Waals surface area contributed by atoms with Crippen molar-refractivity contribution in [2.24, 2.45) is 0 Å². The molecule has 0 aliphatic heterocycles. The largest absolute Gasteiger partial charge is 0.256 e. The molecule has 8 rings (SSSR count). The van der Waals surface area contributed by atoms with E-state index in [1.54, 1.807) is 0 Å². The topological polar surface area (TPSA) is 51.6 Å². The van der Waals surface area contributed by atoms with Gasteiger partial charge in [-0.05, 0) is 45.5 Å². The van der Waals surface area contributed by atoms with Crippen molar-refractivity contribution in [2.45, 2.75) is 19.3 Å². The highest BCUT2D eigenvalue weighted by molar-refractivity contribution is 5.91. The number of pyridine rings is 1. The van der Waals surface area contributed by atoms with Crippen LogP contribution in [0.4, 0.5) is 0 Å². The molecule has 0 atom stereocenters. The number of aromatic nitrogens is 4. The molecule has 0 saturated carbocycles. The lowest BCUT2D eigenvalue weighted by atomic mass is 9.82. The summed E-state index contributed by atoms with van der Waals surface area (Å²) in [4.78, 5) is 19.8. The van der Waals surface area contributed by atoms with Gasteiger partial charge in [-0.25, -0.2) is 15.0 Å². The molecule has 2 aromatic heterocycles. The Balaban J connectivity index is 1.29. The molecular weight excluding hydrogens is 548 g/mol. The summed E-state index contributed by atoms with van der Waals surface area (Å²) < 4.78 is 0. The predicted molar refractivity (Wildman–Crippen MR) is 182 cm³/mol. The Hall–Kier alpha value is -5.74. The summed E-state index contributed by atoms with van der Waals surface area (Å²) in [5, 5.41) is 0. The van der Waals surface area contributed by atoms with Gasteiger partial charge >= 0.3 is 0 Å². The van der Waals surface area contributed by atoms with Gasteiger partial charge in [0.2, 0.25) is 0 Å². The SMILES string of the molecule is CC1(C)c2ccccc2-c2c(-c3nc(-c4ccc(-c5ccccc5)cc4)nc(-c4ccc(-c5ccccn5)cc4)n3)cccc21. The van der Waals surface area contributed by atoms with Crippen LogP contribution in [0.1, 0.15) is 25.0 Å². The van der Waals surface area contributed by atoms with Crippen LogP contribution in [0, 0.1) is 0 Å². The lowest BCUT2D eigenvalue weighted by Gasteiger charge is -2.21. The molecule has 4 heteroatoms. The van der Waals surface area contributed by atoms with Crippen molar-refractivity contribution in [1.82, 2.24) is 19.9 Å². The number of hydrogen-bond donors (Lipinski definition) is 0. The van der Waals surface area contributed by atoms with Crippen LogP contribution < -0.4 is 0 Å². The average molecular weight is 579 g/mol. The van der Waals surface area contributed by atoms with Crippen LogP contribution in [-0.2, 0) is 5.41 Å². The molecule has 0 amide bonds. The molecule has 0 fully saturated rings. The third-order valence-electron chi connectivity index (χ3n) is 8.84. The van der Waals surface area contributed by atoms with Crippen LogP contribution in [0.15, 0.2) is 146 Å². The molecule has 7 aromatic rings. The molecule has 4 nitrogen and oxygen atoms in total. The van der Waals surface area contributed by atoms with Crippen molar-refractivity contribution in [3.63, 3.8) is 0 Å². The molecule has 1 aliphatic rings. The summed E-state index contributed by atoms with van der Waals surface area (Å²) >= 11 is 0. The minimum atomic E-state index is -0.116. The quantitative estimate of drug-likeness (QED) is 0.204. The van der Waals surface area contributed by atoms with Crippen molar-refractivity contribution in [1.29, 1.82) is 0 Å². The second-order valence-corrected chi connectivity index (χ2v) is 11.9. The van der Waals surface area contributed by atoms with Crippen LogP contribution >= 0.6 is 0 Å². The lowest BCUT2D eigenvalue weighted by molar-refractivity contribution is 0.660. The summed E-state index contributed by atoms with van der Waals surface area (Å²) in [7, 11) is 0. The van der Waals surface area contributed by atoms with E-state index in [1.165, 1.54) is 27.8 Å². The van der Waals surface area contributed by atoms with E-state index in [0.29, 0.717) is 17.5 Å². The number of benzene rings is 5. The summed E-state index contributed by atoms with van der Waals surface area (Å²) in [6.07, 6.45) is 1.81. The molecule has 0 saturated heterocycles. The first-order valence-electron chi connectivity index (χ1n) is 15.2. The van der Waals surface area contributed by atoms with Crippen molar-refractivity contribution < 1.29 is 0 Å². The van der Waals surface area contributed by atoms with Gasteiger partial charge in [0.1, 0.15) is 0 Å². The zero-order valence-corrected chi connectivity index (χ0v) is 25.1. The highest BCUT2D eigenvalue weighted by Gasteiger charge is 2.37. The summed E-state index contributed by atoms with van der Waals surface area (Å²) in [6, 6.07) is 48.3. The molecule has 0 unspecified atom stereocenters. The molecular formula is C41H30N4. The van der Waals surface area contributed by atoms with Gasteiger partial charge in [-0.2, -0.15) is 0 Å². The molecule has 214 valence electrons. The Morgan fingerprint density at radius 1 is 0.400 bits per heavy atom. The normalized spacial score (nSPS) is 12.8. The smallest absolute Gasteiger partial charge is 0.164 e. The van der Waals surface area contributed by atoms with Gasteiger partial charge in [0.05, 0.1) is 5.69 Å². The Labute approximate surface area is 263 Å². The number of nitrogens with zero attached hydrogens (tertiary/aromatic N) is 4. The first-order valence-corrected chi connectivity index (χ1v) is 15.2. The maximum atomic E-state index is 5.13. The average Bonchev–Trinajstić information content (AvgIpc) is 3.35. The Morgan fingerprint density at radius 3 is 1.62 bits per heavy atom. The van der Waals surface area contributed by atoms with Crippen LogP contribution in [-0.4, -0.2) is 19.9 Å². The van der Waals surface area contributed by atoms with Crippen LogP contribution in [0.25, 0.3) is 67.7 Å². The molecule has 1 aliphatic carbocycles. The Bertz CT molecular complexity index is 2050. The fourth-order valence-corrected chi connectivity index (χ4v) is 6.46. The fraction of sp³-hybridized carbons (Fsp3) is 0.0732. The van der Waals surface area contributed by atoms with Crippen LogP contribution in [0.5, 0.6) is 0 Å². The third-order valence-corrected chi connectivity index (χ3v) is 8.84. The van der Waals surface area contributed by atoms with Gasteiger partial charge in [0.25, 0.3) is 0 Å². The fourth-order valence-electron chi connectivity index (χ4n) is 6.46. The minimum absolute atomic E-state index is 0.116. The van der Waals surface area contributed by atoms with Crippen molar-refractivity contribution in [3.8, 4) is 67.7 Å². The van der Waals surface area contributed by atoms with E-state index in [1.807, 2.05) is 30.5 Å². The van der Waals surface area contributed by atoms with Crippen LogP contribution in [0.2, 0.25) is 0 Å². The van der Waals surface area contributed by atoms with E-state index in [4.69, 9.17) is 15.0 Å². The van der Waals surface area contributed by atoms with Crippen LogP contribution in [0.3, 0.4) is 0 Å². The minimum Gasteiger partial charge on any atom is -0.256 e. The maximum absolute atomic E-state index is 5.13. The highest BCUT2D eigenvalue weighted by atomic mass is 15.0. The van der Waals surface area contributed by atoms with Gasteiger partial charge in [0.15, 0.2) is 17.5 Å². The predicted octanol–water partition coefficient (Wildman–Crippen LogP) is 9.91. The number of fused-ring (bicyclic) bond motifs is 3. The van der Waals surface area contributed by atoms with E-state index in [-0.39, 0.29) is 5.41 Å².